The molecule has 26 heavy (non-hydrogen) atoms. The number of anilines is 2. The van der Waals surface area contributed by atoms with E-state index in [1.165, 1.54) is 5.56 Å². The number of hydrogen-bond donors (Lipinski definition) is 2. The normalized spacial score (nSPS) is 14.7. The van der Waals surface area contributed by atoms with E-state index in [9.17, 15) is 4.79 Å². The first-order chi connectivity index (χ1) is 12.4. The topological polar surface area (TPSA) is 85.8 Å². The lowest BCUT2D eigenvalue weighted by Crippen LogP contribution is -2.21. The van der Waals surface area contributed by atoms with Gasteiger partial charge in [-0.05, 0) is 36.2 Å². The predicted octanol–water partition coefficient (Wildman–Crippen LogP) is 2.89. The fourth-order valence-corrected chi connectivity index (χ4v) is 3.48. The van der Waals surface area contributed by atoms with E-state index in [1.54, 1.807) is 23.2 Å². The van der Waals surface area contributed by atoms with Crippen LogP contribution in [-0.2, 0) is 5.41 Å². The molecule has 0 aliphatic carbocycles. The number of nitrogen functional groups attached to an aromatic ring is 1. The summed E-state index contributed by atoms with van der Waals surface area (Å²) in [6.07, 6.45) is 4.98. The van der Waals surface area contributed by atoms with Crippen molar-refractivity contribution in [3.8, 4) is 16.8 Å². The van der Waals surface area contributed by atoms with Crippen LogP contribution in [0.5, 0.6) is 0 Å². The lowest BCUT2D eigenvalue weighted by molar-refractivity contribution is 0.586. The second-order valence-electron chi connectivity index (χ2n) is 7.35. The van der Waals surface area contributed by atoms with Gasteiger partial charge in [-0.3, -0.25) is 9.36 Å². The van der Waals surface area contributed by atoms with Crippen molar-refractivity contribution in [2.24, 2.45) is 0 Å². The number of hydrogen-bond acceptors (Lipinski definition) is 5. The molecule has 0 amide bonds. The lowest BCUT2D eigenvalue weighted by atomic mass is 9.87. The predicted molar refractivity (Wildman–Crippen MR) is 104 cm³/mol. The second-order valence-corrected chi connectivity index (χ2v) is 7.35. The number of aryl methyl sites for hydroxylation is 1. The molecule has 3 N–H and O–H groups in total. The van der Waals surface area contributed by atoms with Gasteiger partial charge < -0.3 is 11.1 Å². The fourth-order valence-electron chi connectivity index (χ4n) is 3.48. The van der Waals surface area contributed by atoms with Crippen LogP contribution in [0.1, 0.15) is 25.0 Å². The number of pyridine rings is 1. The van der Waals surface area contributed by atoms with E-state index in [0.29, 0.717) is 11.1 Å². The molecule has 6 heteroatoms. The number of nitrogens with one attached hydrogen (secondary N) is 1. The summed E-state index contributed by atoms with van der Waals surface area (Å²) < 4.78 is 1.66. The fraction of sp³-hybridized carbons (Fsp3) is 0.250. The number of benzene rings is 1. The Morgan fingerprint density at radius 2 is 1.92 bits per heavy atom. The van der Waals surface area contributed by atoms with Gasteiger partial charge in [0.2, 0.25) is 5.95 Å². The highest BCUT2D eigenvalue weighted by Gasteiger charge is 2.29. The molecule has 2 aromatic heterocycles. The Balaban J connectivity index is 1.86. The van der Waals surface area contributed by atoms with Crippen LogP contribution in [0.25, 0.3) is 16.8 Å². The molecule has 0 bridgehead atoms. The van der Waals surface area contributed by atoms with Crippen molar-refractivity contribution in [1.82, 2.24) is 14.5 Å². The van der Waals surface area contributed by atoms with Gasteiger partial charge in [-0.25, -0.2) is 9.97 Å². The average Bonchev–Trinajstić information content (AvgIpc) is 2.91. The summed E-state index contributed by atoms with van der Waals surface area (Å²) in [4.78, 5) is 21.2. The van der Waals surface area contributed by atoms with Gasteiger partial charge in [-0.2, -0.15) is 0 Å². The molecule has 0 fully saturated rings. The largest absolute Gasteiger partial charge is 0.384 e. The summed E-state index contributed by atoms with van der Waals surface area (Å²) in [6, 6.07) is 8.05. The molecule has 4 rings (SSSR count). The zero-order chi connectivity index (χ0) is 18.5. The third-order valence-electron chi connectivity index (χ3n) is 4.99. The minimum absolute atomic E-state index is 0.0958. The molecule has 0 saturated carbocycles. The highest BCUT2D eigenvalue weighted by Crippen LogP contribution is 2.37. The third kappa shape index (κ3) is 2.54. The van der Waals surface area contributed by atoms with Crippen LogP contribution < -0.4 is 16.6 Å². The molecule has 6 nitrogen and oxygen atoms in total. The Morgan fingerprint density at radius 3 is 2.65 bits per heavy atom. The van der Waals surface area contributed by atoms with Crippen molar-refractivity contribution < 1.29 is 0 Å². The Hall–Kier alpha value is -3.15. The van der Waals surface area contributed by atoms with Gasteiger partial charge in [-0.15, -0.1) is 0 Å². The second kappa shape index (κ2) is 5.69. The zero-order valence-corrected chi connectivity index (χ0v) is 15.1. The van der Waals surface area contributed by atoms with Gasteiger partial charge in [0, 0.05) is 41.8 Å². The van der Waals surface area contributed by atoms with E-state index in [-0.39, 0.29) is 16.9 Å². The molecule has 1 aliphatic heterocycles. The average molecular weight is 347 g/mol. The van der Waals surface area contributed by atoms with Crippen LogP contribution >= 0.6 is 0 Å². The monoisotopic (exact) mass is 347 g/mol. The molecular formula is C20H21N5O. The van der Waals surface area contributed by atoms with E-state index in [4.69, 9.17) is 5.73 Å². The van der Waals surface area contributed by atoms with E-state index < -0.39 is 0 Å². The molecule has 1 aromatic carbocycles. The van der Waals surface area contributed by atoms with E-state index in [2.05, 4.69) is 35.2 Å². The summed E-state index contributed by atoms with van der Waals surface area (Å²) in [5.41, 5.74) is 10.9. The van der Waals surface area contributed by atoms with Crippen LogP contribution in [0.2, 0.25) is 0 Å². The number of fused-ring (bicyclic) bond motifs is 1. The highest BCUT2D eigenvalue weighted by molar-refractivity contribution is 5.67. The summed E-state index contributed by atoms with van der Waals surface area (Å²) in [5.74, 6) is 0.190. The summed E-state index contributed by atoms with van der Waals surface area (Å²) in [7, 11) is 0. The summed E-state index contributed by atoms with van der Waals surface area (Å²) >= 11 is 0. The van der Waals surface area contributed by atoms with E-state index in [0.717, 1.165) is 23.5 Å². The Kier molecular flexibility index (Phi) is 3.57. The number of aromatic nitrogens is 3. The molecule has 3 heterocycles. The lowest BCUT2D eigenvalue weighted by Gasteiger charge is -2.17. The number of rotatable bonds is 2. The van der Waals surface area contributed by atoms with E-state index >= 15 is 0 Å². The maximum absolute atomic E-state index is 13.2. The first-order valence-electron chi connectivity index (χ1n) is 8.56. The van der Waals surface area contributed by atoms with Crippen LogP contribution in [-0.4, -0.2) is 21.1 Å². The summed E-state index contributed by atoms with van der Waals surface area (Å²) in [6.45, 7) is 7.22. The SMILES string of the molecule is Cc1ccn(-c2ccc3c(c2)NCC3(C)C)c(=O)c1-c1cnc(N)nc1. The zero-order valence-electron chi connectivity index (χ0n) is 15.1. The first-order valence-corrected chi connectivity index (χ1v) is 8.56. The van der Waals surface area contributed by atoms with Crippen molar-refractivity contribution >= 4 is 11.6 Å². The van der Waals surface area contributed by atoms with Crippen molar-refractivity contribution in [2.45, 2.75) is 26.2 Å². The van der Waals surface area contributed by atoms with Gasteiger partial charge in [0.25, 0.3) is 5.56 Å². The van der Waals surface area contributed by atoms with Gasteiger partial charge in [0.15, 0.2) is 0 Å². The van der Waals surface area contributed by atoms with Gasteiger partial charge in [-0.1, -0.05) is 19.9 Å². The van der Waals surface area contributed by atoms with Crippen molar-refractivity contribution in [3.05, 3.63) is 64.3 Å². The molecule has 0 spiro atoms. The number of nitrogens with two attached hydrogens (primary N) is 1. The molecule has 3 aromatic rings. The maximum atomic E-state index is 13.2. The summed E-state index contributed by atoms with van der Waals surface area (Å²) in [5, 5.41) is 3.43. The Bertz CT molecular complexity index is 1050. The maximum Gasteiger partial charge on any atom is 0.263 e. The smallest absolute Gasteiger partial charge is 0.263 e. The van der Waals surface area contributed by atoms with Crippen molar-refractivity contribution in [1.29, 1.82) is 0 Å². The standard InChI is InChI=1S/C20H21N5O/c1-12-6-7-25(18(26)17(12)13-9-22-19(21)23-10-13)14-4-5-15-16(8-14)24-11-20(15,2)3/h4-10,24H,11H2,1-3H3,(H2,21,22,23). The molecule has 132 valence electrons. The minimum atomic E-state index is -0.101. The Morgan fingerprint density at radius 1 is 1.19 bits per heavy atom. The minimum Gasteiger partial charge on any atom is -0.384 e. The van der Waals surface area contributed by atoms with Gasteiger partial charge >= 0.3 is 0 Å². The van der Waals surface area contributed by atoms with Crippen LogP contribution in [0.3, 0.4) is 0 Å². The molecule has 0 unspecified atom stereocenters. The molecule has 0 saturated heterocycles. The van der Waals surface area contributed by atoms with Gasteiger partial charge in [0.1, 0.15) is 0 Å². The Labute approximate surface area is 151 Å². The van der Waals surface area contributed by atoms with Crippen LogP contribution in [0, 0.1) is 6.92 Å². The first kappa shape index (κ1) is 16.3. The third-order valence-corrected chi connectivity index (χ3v) is 4.99. The molecule has 1 aliphatic rings. The quantitative estimate of drug-likeness (QED) is 0.744. The van der Waals surface area contributed by atoms with Crippen LogP contribution in [0.15, 0.2) is 47.7 Å². The molecular weight excluding hydrogens is 326 g/mol. The number of nitrogens with zero attached hydrogens (tertiary/aromatic N) is 3. The molecule has 0 radical (unpaired) electrons. The van der Waals surface area contributed by atoms with Crippen LogP contribution in [0.4, 0.5) is 11.6 Å². The molecule has 0 atom stereocenters. The van der Waals surface area contributed by atoms with E-state index in [1.807, 2.05) is 25.1 Å². The highest BCUT2D eigenvalue weighted by atomic mass is 16.1. The van der Waals surface area contributed by atoms with Crippen molar-refractivity contribution in [2.75, 3.05) is 17.6 Å². The van der Waals surface area contributed by atoms with Crippen molar-refractivity contribution in [3.63, 3.8) is 0 Å². The van der Waals surface area contributed by atoms with Gasteiger partial charge in [0.05, 0.1) is 11.3 Å².